The van der Waals surface area contributed by atoms with Crippen LogP contribution in [0.2, 0.25) is 18.1 Å². The Kier molecular flexibility index (Phi) is 9.33. The lowest BCUT2D eigenvalue weighted by Crippen LogP contribution is -2.53. The summed E-state index contributed by atoms with van der Waals surface area (Å²) in [6.07, 6.45) is 11.9. The molecule has 1 aliphatic rings. The van der Waals surface area contributed by atoms with Crippen LogP contribution in [0, 0.1) is 0 Å². The average Bonchev–Trinajstić information content (AvgIpc) is 2.55. The van der Waals surface area contributed by atoms with Gasteiger partial charge in [-0.05, 0) is 43.5 Å². The van der Waals surface area contributed by atoms with Crippen LogP contribution >= 0.6 is 0 Å². The Morgan fingerprint density at radius 2 is 1.93 bits per heavy atom. The van der Waals surface area contributed by atoms with Crippen LogP contribution in [-0.4, -0.2) is 56.7 Å². The van der Waals surface area contributed by atoms with Gasteiger partial charge in [-0.15, -0.1) is 0 Å². The smallest absolute Gasteiger partial charge is 0.313 e. The minimum Gasteiger partial charge on any atom is -0.411 e. The molecule has 162 valence electrons. The van der Waals surface area contributed by atoms with Gasteiger partial charge in [-0.25, -0.2) is 4.79 Å². The first-order valence-corrected chi connectivity index (χ1v) is 13.7. The van der Waals surface area contributed by atoms with Gasteiger partial charge < -0.3 is 9.53 Å². The van der Waals surface area contributed by atoms with Crippen molar-refractivity contribution in [2.24, 2.45) is 0 Å². The first kappa shape index (κ1) is 25.3. The van der Waals surface area contributed by atoms with Crippen LogP contribution in [0.25, 0.3) is 0 Å². The molecular formula is C23H44NO3Si+. The summed E-state index contributed by atoms with van der Waals surface area (Å²) in [5.41, 5.74) is 1.07. The Bertz CT molecular complexity index is 573. The fourth-order valence-corrected chi connectivity index (χ4v) is 4.91. The van der Waals surface area contributed by atoms with Crippen LogP contribution in [-0.2, 0) is 9.22 Å². The predicted molar refractivity (Wildman–Crippen MR) is 121 cm³/mol. The van der Waals surface area contributed by atoms with E-state index < -0.39 is 8.32 Å². The maximum Gasteiger partial charge on any atom is 0.313 e. The third-order valence-corrected chi connectivity index (χ3v) is 11.2. The van der Waals surface area contributed by atoms with Crippen LogP contribution in [0.15, 0.2) is 23.8 Å². The SMILES string of the molecule is CC(=CCO)[C@@H]1CC=CC(O[Si](C)(C)C(C)(C)C)CCCCCC(=O)[N+]1(C)C. The molecule has 0 saturated carbocycles. The highest BCUT2D eigenvalue weighted by atomic mass is 28.4. The fraction of sp³-hybridized carbons (Fsp3) is 0.783. The molecule has 0 fully saturated rings. The Morgan fingerprint density at radius 1 is 1.29 bits per heavy atom. The molecule has 0 aliphatic carbocycles. The molecule has 0 bridgehead atoms. The number of nitrogens with zero attached hydrogens (tertiary/aromatic N) is 1. The molecule has 1 rings (SSSR count). The van der Waals surface area contributed by atoms with Gasteiger partial charge in [0.15, 0.2) is 8.32 Å². The van der Waals surface area contributed by atoms with Crippen LogP contribution in [0.1, 0.15) is 66.2 Å². The maximum absolute atomic E-state index is 12.9. The highest BCUT2D eigenvalue weighted by Gasteiger charge is 2.39. The van der Waals surface area contributed by atoms with Crippen molar-refractivity contribution in [3.05, 3.63) is 23.8 Å². The average molecular weight is 411 g/mol. The highest BCUT2D eigenvalue weighted by Crippen LogP contribution is 2.38. The third-order valence-electron chi connectivity index (χ3n) is 6.70. The van der Waals surface area contributed by atoms with E-state index in [4.69, 9.17) is 4.43 Å². The number of rotatable bonds is 4. The van der Waals surface area contributed by atoms with E-state index in [9.17, 15) is 9.90 Å². The Balaban J connectivity index is 3.11. The summed E-state index contributed by atoms with van der Waals surface area (Å²) < 4.78 is 7.02. The molecule has 1 amide bonds. The monoisotopic (exact) mass is 410 g/mol. The second-order valence-corrected chi connectivity index (χ2v) is 15.0. The molecule has 5 heteroatoms. The lowest BCUT2D eigenvalue weighted by molar-refractivity contribution is -0.834. The lowest BCUT2D eigenvalue weighted by atomic mass is 9.98. The van der Waals surface area contributed by atoms with E-state index in [1.807, 2.05) is 27.1 Å². The topological polar surface area (TPSA) is 46.5 Å². The second kappa shape index (κ2) is 10.3. The predicted octanol–water partition coefficient (Wildman–Crippen LogP) is 5.20. The number of hydrogen-bond donors (Lipinski definition) is 1. The standard InChI is InChI=1S/C23H44NO3Si/c1-19(17-18-25)21-15-12-14-20(27-28(7,8)23(2,3)4)13-10-9-11-16-22(26)24(21,5)6/h12,14,17,20-21,25H,9-11,13,15-16,18H2,1-8H3/q+1/t20?,21-/m0/s1. The summed E-state index contributed by atoms with van der Waals surface area (Å²) >= 11 is 0. The summed E-state index contributed by atoms with van der Waals surface area (Å²) in [6, 6.07) is 0.0452. The van der Waals surface area contributed by atoms with Gasteiger partial charge in [0.2, 0.25) is 0 Å². The molecule has 1 aliphatic heterocycles. The number of aliphatic hydroxyl groups is 1. The van der Waals surface area contributed by atoms with Crippen molar-refractivity contribution in [1.82, 2.24) is 0 Å². The van der Waals surface area contributed by atoms with Crippen LogP contribution in [0.4, 0.5) is 0 Å². The fourth-order valence-electron chi connectivity index (χ4n) is 3.61. The molecule has 1 unspecified atom stereocenters. The van der Waals surface area contributed by atoms with Crippen molar-refractivity contribution in [3.63, 3.8) is 0 Å². The molecule has 0 saturated heterocycles. The number of amides is 1. The van der Waals surface area contributed by atoms with Crippen molar-refractivity contribution < 1.29 is 18.8 Å². The van der Waals surface area contributed by atoms with Gasteiger partial charge in [-0.1, -0.05) is 51.8 Å². The zero-order chi connectivity index (χ0) is 21.6. The number of aliphatic hydroxyl groups excluding tert-OH is 1. The minimum absolute atomic E-state index is 0.0113. The van der Waals surface area contributed by atoms with E-state index in [0.29, 0.717) is 10.9 Å². The Morgan fingerprint density at radius 3 is 2.50 bits per heavy atom. The number of likely N-dealkylation sites (N-methyl/N-ethyl adjacent to an activating group) is 1. The van der Waals surface area contributed by atoms with Crippen LogP contribution in [0.5, 0.6) is 0 Å². The maximum atomic E-state index is 12.9. The first-order chi connectivity index (χ1) is 12.8. The molecular weight excluding hydrogens is 366 g/mol. The van der Waals surface area contributed by atoms with Gasteiger partial charge in [0.1, 0.15) is 6.04 Å². The van der Waals surface area contributed by atoms with Gasteiger partial charge in [-0.3, -0.25) is 4.48 Å². The number of carbonyl (C=O) groups excluding carboxylic acids is 1. The van der Waals surface area contributed by atoms with Crippen LogP contribution in [0.3, 0.4) is 0 Å². The third kappa shape index (κ3) is 6.94. The van der Waals surface area contributed by atoms with Crippen molar-refractivity contribution in [1.29, 1.82) is 0 Å². The summed E-state index contributed by atoms with van der Waals surface area (Å²) in [4.78, 5) is 12.9. The van der Waals surface area contributed by atoms with E-state index >= 15 is 0 Å². The largest absolute Gasteiger partial charge is 0.411 e. The Hall–Kier alpha value is -0.753. The second-order valence-electron chi connectivity index (χ2n) is 10.3. The molecule has 4 nitrogen and oxygen atoms in total. The van der Waals surface area contributed by atoms with Crippen LogP contribution < -0.4 is 0 Å². The number of hydrogen-bond acceptors (Lipinski definition) is 3. The number of quaternary nitrogens is 1. The van der Waals surface area contributed by atoms with Crippen molar-refractivity contribution in [3.8, 4) is 0 Å². The normalized spacial score (nSPS) is 25.9. The van der Waals surface area contributed by atoms with Gasteiger partial charge in [0.05, 0.1) is 33.2 Å². The molecule has 0 radical (unpaired) electrons. The zero-order valence-electron chi connectivity index (χ0n) is 19.5. The van der Waals surface area contributed by atoms with E-state index in [1.54, 1.807) is 0 Å². The van der Waals surface area contributed by atoms with Gasteiger partial charge in [-0.2, -0.15) is 0 Å². The van der Waals surface area contributed by atoms with Gasteiger partial charge in [0.25, 0.3) is 0 Å². The highest BCUT2D eigenvalue weighted by molar-refractivity contribution is 6.74. The van der Waals surface area contributed by atoms with E-state index in [2.05, 4.69) is 46.0 Å². The molecule has 0 aromatic rings. The first-order valence-electron chi connectivity index (χ1n) is 10.8. The molecule has 0 aromatic carbocycles. The van der Waals surface area contributed by atoms with Gasteiger partial charge >= 0.3 is 5.91 Å². The molecule has 0 aromatic heterocycles. The quantitative estimate of drug-likeness (QED) is 0.394. The van der Waals surface area contributed by atoms with Gasteiger partial charge in [0, 0.05) is 6.42 Å². The van der Waals surface area contributed by atoms with Crippen molar-refractivity contribution in [2.75, 3.05) is 20.7 Å². The van der Waals surface area contributed by atoms with E-state index in [0.717, 1.165) is 37.7 Å². The van der Waals surface area contributed by atoms with Crippen molar-refractivity contribution >= 4 is 14.2 Å². The number of carbonyl (C=O) groups is 1. The van der Waals surface area contributed by atoms with Crippen molar-refractivity contribution in [2.45, 2.75) is 96.5 Å². The van der Waals surface area contributed by atoms with E-state index in [1.165, 1.54) is 0 Å². The summed E-state index contributed by atoms with van der Waals surface area (Å²) in [7, 11) is 2.18. The summed E-state index contributed by atoms with van der Waals surface area (Å²) in [6.45, 7) is 13.5. The molecule has 28 heavy (non-hydrogen) atoms. The lowest BCUT2D eigenvalue weighted by Gasteiger charge is -2.39. The minimum atomic E-state index is -1.83. The van der Waals surface area contributed by atoms with E-state index in [-0.39, 0.29) is 29.7 Å². The summed E-state index contributed by atoms with van der Waals surface area (Å²) in [5.74, 6) is 0.277. The summed E-state index contributed by atoms with van der Waals surface area (Å²) in [5, 5.41) is 9.55. The molecule has 1 heterocycles. The molecule has 1 N–H and O–H groups in total. The Labute approximate surface area is 174 Å². The molecule has 2 atom stereocenters. The molecule has 0 spiro atoms. The zero-order valence-corrected chi connectivity index (χ0v) is 20.5.